The molecule has 29 heavy (non-hydrogen) atoms. The molecule has 1 saturated heterocycles. The Kier molecular flexibility index (Phi) is 6.19. The highest BCUT2D eigenvalue weighted by Gasteiger charge is 2.23. The molecule has 1 atom stereocenters. The molecule has 0 radical (unpaired) electrons. The third-order valence-corrected chi connectivity index (χ3v) is 5.84. The van der Waals surface area contributed by atoms with Crippen LogP contribution in [0.1, 0.15) is 0 Å². The maximum atomic E-state index is 13.1. The van der Waals surface area contributed by atoms with Gasteiger partial charge in [0.1, 0.15) is 30.8 Å². The highest BCUT2D eigenvalue weighted by Crippen LogP contribution is 2.32. The minimum Gasteiger partial charge on any atom is -0.489 e. The Hall–Kier alpha value is -2.34. The lowest BCUT2D eigenvalue weighted by Gasteiger charge is -2.34. The van der Waals surface area contributed by atoms with Crippen LogP contribution in [0.15, 0.2) is 60.7 Å². The van der Waals surface area contributed by atoms with E-state index in [2.05, 4.69) is 4.90 Å². The Morgan fingerprint density at radius 3 is 2.52 bits per heavy atom. The van der Waals surface area contributed by atoms with E-state index in [-0.39, 0.29) is 12.4 Å². The number of quaternary nitrogens is 1. The summed E-state index contributed by atoms with van der Waals surface area (Å²) < 4.78 is 18.9. The molecule has 1 fully saturated rings. The molecule has 0 aromatic heterocycles. The first kappa shape index (κ1) is 20.0. The number of hydrogen-bond acceptors (Lipinski definition) is 3. The van der Waals surface area contributed by atoms with Crippen LogP contribution < -0.4 is 14.5 Å². The van der Waals surface area contributed by atoms with E-state index in [0.29, 0.717) is 17.3 Å². The number of fused-ring (bicyclic) bond motifs is 1. The number of piperazine rings is 1. The van der Waals surface area contributed by atoms with Crippen LogP contribution in [-0.2, 0) is 0 Å². The number of ether oxygens (including phenoxy) is 1. The molecule has 1 aliphatic heterocycles. The molecule has 0 spiro atoms. The summed E-state index contributed by atoms with van der Waals surface area (Å²) in [5, 5.41) is 13.0. The third kappa shape index (κ3) is 4.81. The SMILES string of the molecule is O[C@H](COc1ccc2ccccc2c1Cl)C[NH+]1CCN(c2ccc(F)cc2)CC1. The molecule has 1 aliphatic rings. The number of nitrogens with one attached hydrogen (secondary N) is 1. The van der Waals surface area contributed by atoms with Crippen molar-refractivity contribution in [3.8, 4) is 5.75 Å². The Bertz CT molecular complexity index is 959. The zero-order valence-electron chi connectivity index (χ0n) is 16.2. The molecule has 1 heterocycles. The van der Waals surface area contributed by atoms with Gasteiger partial charge >= 0.3 is 0 Å². The maximum Gasteiger partial charge on any atom is 0.138 e. The Morgan fingerprint density at radius 2 is 1.76 bits per heavy atom. The van der Waals surface area contributed by atoms with Gasteiger partial charge in [0.05, 0.1) is 31.2 Å². The summed E-state index contributed by atoms with van der Waals surface area (Å²) in [4.78, 5) is 3.59. The van der Waals surface area contributed by atoms with Crippen molar-refractivity contribution in [1.29, 1.82) is 0 Å². The fourth-order valence-corrected chi connectivity index (χ4v) is 4.13. The number of aliphatic hydroxyl groups is 1. The second-order valence-corrected chi connectivity index (χ2v) is 7.86. The van der Waals surface area contributed by atoms with E-state index in [9.17, 15) is 9.50 Å². The van der Waals surface area contributed by atoms with Gasteiger partial charge in [-0.15, -0.1) is 0 Å². The van der Waals surface area contributed by atoms with E-state index in [0.717, 1.165) is 42.6 Å². The summed E-state index contributed by atoms with van der Waals surface area (Å²) in [6.07, 6.45) is -0.565. The second-order valence-electron chi connectivity index (χ2n) is 7.48. The third-order valence-electron chi connectivity index (χ3n) is 5.45. The van der Waals surface area contributed by atoms with Crippen LogP contribution in [0, 0.1) is 5.82 Å². The van der Waals surface area contributed by atoms with Gasteiger partial charge in [-0.2, -0.15) is 0 Å². The van der Waals surface area contributed by atoms with Crippen LogP contribution >= 0.6 is 11.6 Å². The van der Waals surface area contributed by atoms with E-state index >= 15 is 0 Å². The molecule has 2 N–H and O–H groups in total. The molecule has 3 aromatic carbocycles. The molecule has 0 saturated carbocycles. The van der Waals surface area contributed by atoms with Gasteiger partial charge in [0.15, 0.2) is 0 Å². The predicted molar refractivity (Wildman–Crippen MR) is 115 cm³/mol. The monoisotopic (exact) mass is 415 g/mol. The molecule has 0 aliphatic carbocycles. The normalized spacial score (nSPS) is 16.2. The second kappa shape index (κ2) is 8.99. The van der Waals surface area contributed by atoms with E-state index in [1.165, 1.54) is 17.0 Å². The predicted octanol–water partition coefficient (Wildman–Crippen LogP) is 2.78. The lowest BCUT2D eigenvalue weighted by Crippen LogP contribution is -3.16. The van der Waals surface area contributed by atoms with Crippen molar-refractivity contribution in [1.82, 2.24) is 0 Å². The number of halogens is 2. The fourth-order valence-electron chi connectivity index (χ4n) is 3.84. The van der Waals surface area contributed by atoms with Gasteiger partial charge in [0.2, 0.25) is 0 Å². The van der Waals surface area contributed by atoms with Gasteiger partial charge in [-0.05, 0) is 35.7 Å². The average Bonchev–Trinajstić information content (AvgIpc) is 2.75. The topological polar surface area (TPSA) is 37.1 Å². The van der Waals surface area contributed by atoms with E-state index in [4.69, 9.17) is 16.3 Å². The summed E-state index contributed by atoms with van der Waals surface area (Å²) in [5.41, 5.74) is 1.04. The van der Waals surface area contributed by atoms with Crippen molar-refractivity contribution in [2.24, 2.45) is 0 Å². The molecule has 0 bridgehead atoms. The first-order chi connectivity index (χ1) is 14.1. The lowest BCUT2D eigenvalue weighted by molar-refractivity contribution is -0.903. The van der Waals surface area contributed by atoms with Gasteiger partial charge in [0.25, 0.3) is 0 Å². The highest BCUT2D eigenvalue weighted by molar-refractivity contribution is 6.37. The summed E-state index contributed by atoms with van der Waals surface area (Å²) in [5.74, 6) is 0.383. The smallest absolute Gasteiger partial charge is 0.138 e. The van der Waals surface area contributed by atoms with E-state index < -0.39 is 6.10 Å². The van der Waals surface area contributed by atoms with Crippen LogP contribution in [0.5, 0.6) is 5.75 Å². The largest absolute Gasteiger partial charge is 0.489 e. The van der Waals surface area contributed by atoms with Gasteiger partial charge < -0.3 is 19.6 Å². The molecule has 0 amide bonds. The quantitative estimate of drug-likeness (QED) is 0.650. The molecule has 6 heteroatoms. The van der Waals surface area contributed by atoms with Crippen molar-refractivity contribution < 1.29 is 19.1 Å². The number of anilines is 1. The van der Waals surface area contributed by atoms with Gasteiger partial charge in [-0.25, -0.2) is 4.39 Å². The van der Waals surface area contributed by atoms with E-state index in [1.807, 2.05) is 48.5 Å². The maximum absolute atomic E-state index is 13.1. The minimum absolute atomic E-state index is 0.212. The van der Waals surface area contributed by atoms with Crippen molar-refractivity contribution >= 4 is 28.1 Å². The fraction of sp³-hybridized carbons (Fsp3) is 0.304. The zero-order valence-corrected chi connectivity index (χ0v) is 16.9. The van der Waals surface area contributed by atoms with Crippen LogP contribution in [0.3, 0.4) is 0 Å². The summed E-state index contributed by atoms with van der Waals surface area (Å²) in [6.45, 7) is 4.44. The van der Waals surface area contributed by atoms with Gasteiger partial charge in [0, 0.05) is 11.1 Å². The molecule has 0 unspecified atom stereocenters. The molecular weight excluding hydrogens is 391 g/mol. The van der Waals surface area contributed by atoms with Gasteiger partial charge in [-0.1, -0.05) is 41.9 Å². The zero-order chi connectivity index (χ0) is 20.2. The Morgan fingerprint density at radius 1 is 1.03 bits per heavy atom. The van der Waals surface area contributed by atoms with E-state index in [1.54, 1.807) is 0 Å². The average molecular weight is 416 g/mol. The standard InChI is InChI=1S/C23H24ClFN2O2/c24-23-21-4-2-1-3-17(21)5-10-22(23)29-16-20(28)15-26-11-13-27(14-12-26)19-8-6-18(25)7-9-19/h1-10,20,28H,11-16H2/p+1/t20-/m0/s1. The van der Waals surface area contributed by atoms with Crippen LogP contribution in [-0.4, -0.2) is 50.5 Å². The number of benzene rings is 3. The van der Waals surface area contributed by atoms with Crippen LogP contribution in [0.4, 0.5) is 10.1 Å². The summed E-state index contributed by atoms with van der Waals surface area (Å²) >= 11 is 6.46. The van der Waals surface area contributed by atoms with Crippen LogP contribution in [0.25, 0.3) is 10.8 Å². The summed E-state index contributed by atoms with van der Waals surface area (Å²) in [7, 11) is 0. The van der Waals surface area contributed by atoms with Crippen molar-refractivity contribution in [2.75, 3.05) is 44.2 Å². The minimum atomic E-state index is -0.565. The first-order valence-electron chi connectivity index (χ1n) is 9.92. The Balaban J connectivity index is 1.27. The van der Waals surface area contributed by atoms with Crippen molar-refractivity contribution in [3.63, 3.8) is 0 Å². The molecule has 152 valence electrons. The van der Waals surface area contributed by atoms with Crippen molar-refractivity contribution in [2.45, 2.75) is 6.10 Å². The highest BCUT2D eigenvalue weighted by atomic mass is 35.5. The number of aliphatic hydroxyl groups excluding tert-OH is 1. The number of nitrogens with zero attached hydrogens (tertiary/aromatic N) is 1. The first-order valence-corrected chi connectivity index (χ1v) is 10.3. The lowest BCUT2D eigenvalue weighted by atomic mass is 10.1. The van der Waals surface area contributed by atoms with Crippen molar-refractivity contribution in [3.05, 3.63) is 71.5 Å². The molecule has 3 aromatic rings. The molecule has 4 nitrogen and oxygen atoms in total. The van der Waals surface area contributed by atoms with Crippen LogP contribution in [0.2, 0.25) is 5.02 Å². The number of rotatable bonds is 6. The molecular formula is C23H25ClFN2O2+. The number of hydrogen-bond donors (Lipinski definition) is 2. The summed E-state index contributed by atoms with van der Waals surface area (Å²) in [6, 6.07) is 18.3. The van der Waals surface area contributed by atoms with Gasteiger partial charge in [-0.3, -0.25) is 0 Å². The molecule has 4 rings (SSSR count). The Labute approximate surface area is 175 Å².